The normalized spacial score (nSPS) is 17.0. The van der Waals surface area contributed by atoms with Gasteiger partial charge in [-0.15, -0.1) is 24.0 Å². The van der Waals surface area contributed by atoms with E-state index in [4.69, 9.17) is 9.47 Å². The number of nitrogens with one attached hydrogen (secondary N) is 2. The van der Waals surface area contributed by atoms with Crippen molar-refractivity contribution in [3.63, 3.8) is 0 Å². The summed E-state index contributed by atoms with van der Waals surface area (Å²) in [5.41, 5.74) is 0.551. The molecule has 6 nitrogen and oxygen atoms in total. The van der Waals surface area contributed by atoms with E-state index < -0.39 is 6.61 Å². The molecule has 1 fully saturated rings. The quantitative estimate of drug-likeness (QED) is 0.337. The first-order chi connectivity index (χ1) is 12.1. The lowest BCUT2D eigenvalue weighted by Crippen LogP contribution is -2.41. The zero-order valence-corrected chi connectivity index (χ0v) is 17.3. The van der Waals surface area contributed by atoms with E-state index in [0.717, 1.165) is 19.4 Å². The second kappa shape index (κ2) is 12.1. The number of halogens is 3. The van der Waals surface area contributed by atoms with Gasteiger partial charge in [0.25, 0.3) is 0 Å². The van der Waals surface area contributed by atoms with Gasteiger partial charge in [-0.1, -0.05) is 0 Å². The maximum atomic E-state index is 12.6. The van der Waals surface area contributed by atoms with Crippen molar-refractivity contribution in [2.45, 2.75) is 39.0 Å². The molecule has 1 atom stereocenters. The fourth-order valence-electron chi connectivity index (χ4n) is 2.52. The molecule has 148 valence electrons. The van der Waals surface area contributed by atoms with E-state index in [1.165, 1.54) is 13.2 Å². The molecule has 0 amide bonds. The Bertz CT molecular complexity index is 570. The van der Waals surface area contributed by atoms with E-state index in [1.54, 1.807) is 12.1 Å². The zero-order chi connectivity index (χ0) is 18.1. The Labute approximate surface area is 169 Å². The fraction of sp³-hybridized carbons (Fsp3) is 0.588. The largest absolute Gasteiger partial charge is 0.497 e. The molecule has 26 heavy (non-hydrogen) atoms. The Balaban J connectivity index is 0.00000338. The summed E-state index contributed by atoms with van der Waals surface area (Å²) < 4.78 is 40.4. The number of hydrogen-bond donors (Lipinski definition) is 2. The molecular weight excluding hydrogens is 459 g/mol. The Morgan fingerprint density at radius 1 is 1.38 bits per heavy atom. The van der Waals surface area contributed by atoms with Crippen LogP contribution in [0.4, 0.5) is 8.78 Å². The highest BCUT2D eigenvalue weighted by atomic mass is 127. The smallest absolute Gasteiger partial charge is 0.387 e. The predicted molar refractivity (Wildman–Crippen MR) is 107 cm³/mol. The van der Waals surface area contributed by atoms with Gasteiger partial charge in [0.15, 0.2) is 5.96 Å². The van der Waals surface area contributed by atoms with Gasteiger partial charge in [0, 0.05) is 31.3 Å². The minimum Gasteiger partial charge on any atom is -0.497 e. The number of aliphatic imine (C=N–C) groups is 1. The first-order valence-electron chi connectivity index (χ1n) is 8.38. The van der Waals surface area contributed by atoms with Crippen LogP contribution in [-0.4, -0.2) is 45.5 Å². The van der Waals surface area contributed by atoms with E-state index in [9.17, 15) is 8.78 Å². The molecule has 0 bridgehead atoms. The highest BCUT2D eigenvalue weighted by molar-refractivity contribution is 14.0. The number of guanidine groups is 1. The number of benzene rings is 1. The van der Waals surface area contributed by atoms with E-state index in [2.05, 4.69) is 20.4 Å². The second-order valence-electron chi connectivity index (χ2n) is 5.56. The van der Waals surface area contributed by atoms with Crippen LogP contribution in [0, 0.1) is 0 Å². The number of ether oxygens (including phenoxy) is 3. The Hall–Kier alpha value is -1.36. The number of hydrogen-bond acceptors (Lipinski definition) is 4. The van der Waals surface area contributed by atoms with Gasteiger partial charge in [-0.25, -0.2) is 4.99 Å². The molecule has 1 aliphatic rings. The van der Waals surface area contributed by atoms with Crippen molar-refractivity contribution in [2.75, 3.05) is 26.8 Å². The first kappa shape index (κ1) is 22.7. The van der Waals surface area contributed by atoms with Gasteiger partial charge in [0.1, 0.15) is 11.5 Å². The summed E-state index contributed by atoms with van der Waals surface area (Å²) in [5, 5.41) is 6.35. The number of nitrogens with zero attached hydrogens (tertiary/aromatic N) is 1. The van der Waals surface area contributed by atoms with E-state index in [1.807, 2.05) is 6.92 Å². The average molecular weight is 485 g/mol. The van der Waals surface area contributed by atoms with E-state index >= 15 is 0 Å². The van der Waals surface area contributed by atoms with Crippen molar-refractivity contribution in [1.82, 2.24) is 10.6 Å². The van der Waals surface area contributed by atoms with Gasteiger partial charge in [0.2, 0.25) is 0 Å². The highest BCUT2D eigenvalue weighted by Gasteiger charge is 2.16. The molecular formula is C17H26F2IN3O3. The molecule has 1 unspecified atom stereocenters. The maximum absolute atomic E-state index is 12.6. The van der Waals surface area contributed by atoms with Crippen LogP contribution in [0.25, 0.3) is 0 Å². The van der Waals surface area contributed by atoms with Crippen LogP contribution < -0.4 is 20.1 Å². The van der Waals surface area contributed by atoms with Gasteiger partial charge < -0.3 is 24.8 Å². The topological polar surface area (TPSA) is 64.1 Å². The molecule has 1 aromatic rings. The number of rotatable bonds is 8. The average Bonchev–Trinajstić information content (AvgIpc) is 3.11. The van der Waals surface area contributed by atoms with Crippen molar-refractivity contribution in [3.05, 3.63) is 23.8 Å². The van der Waals surface area contributed by atoms with Crippen molar-refractivity contribution in [3.8, 4) is 11.5 Å². The van der Waals surface area contributed by atoms with Crippen LogP contribution in [0.3, 0.4) is 0 Å². The van der Waals surface area contributed by atoms with Crippen molar-refractivity contribution < 1.29 is 23.0 Å². The lowest BCUT2D eigenvalue weighted by atomic mass is 10.2. The van der Waals surface area contributed by atoms with Crippen molar-refractivity contribution >= 4 is 29.9 Å². The summed E-state index contributed by atoms with van der Waals surface area (Å²) in [6.45, 7) is 1.41. The third kappa shape index (κ3) is 7.48. The molecule has 1 aliphatic heterocycles. The summed E-state index contributed by atoms with van der Waals surface area (Å²) >= 11 is 0. The van der Waals surface area contributed by atoms with Crippen LogP contribution in [0.5, 0.6) is 11.5 Å². The van der Waals surface area contributed by atoms with Crippen molar-refractivity contribution in [2.24, 2.45) is 4.99 Å². The van der Waals surface area contributed by atoms with Crippen LogP contribution in [0.15, 0.2) is 23.2 Å². The summed E-state index contributed by atoms with van der Waals surface area (Å²) in [4.78, 5) is 4.44. The molecule has 9 heteroatoms. The van der Waals surface area contributed by atoms with Crippen LogP contribution in [0.1, 0.15) is 25.3 Å². The van der Waals surface area contributed by atoms with Crippen LogP contribution in [0.2, 0.25) is 0 Å². The Morgan fingerprint density at radius 3 is 2.81 bits per heavy atom. The molecule has 0 saturated carbocycles. The number of alkyl halides is 2. The minimum absolute atomic E-state index is 0. The zero-order valence-electron chi connectivity index (χ0n) is 15.0. The molecule has 0 spiro atoms. The van der Waals surface area contributed by atoms with Gasteiger partial charge in [0.05, 0.1) is 19.8 Å². The number of methoxy groups -OCH3 is 1. The minimum atomic E-state index is -2.90. The lowest BCUT2D eigenvalue weighted by molar-refractivity contribution is -0.0505. The molecule has 1 saturated heterocycles. The molecule has 2 rings (SSSR count). The highest BCUT2D eigenvalue weighted by Crippen LogP contribution is 2.27. The molecule has 1 aromatic carbocycles. The maximum Gasteiger partial charge on any atom is 0.387 e. The standard InChI is InChI=1S/C17H25F2N3O3.HI/c1-3-20-17(22-11-14-5-4-8-24-14)21-10-12-6-7-13(23-2)9-15(12)25-16(18)19;/h6-7,9,14,16H,3-5,8,10-11H2,1-2H3,(H2,20,21,22);1H. The van der Waals surface area contributed by atoms with Gasteiger partial charge in [-0.3, -0.25) is 0 Å². The SMILES string of the molecule is CCNC(=NCc1ccc(OC)cc1OC(F)F)NCC1CCCO1.I. The van der Waals surface area contributed by atoms with Gasteiger partial charge in [-0.2, -0.15) is 8.78 Å². The van der Waals surface area contributed by atoms with Gasteiger partial charge >= 0.3 is 6.61 Å². The molecule has 1 heterocycles. The second-order valence-corrected chi connectivity index (χ2v) is 5.56. The third-order valence-corrected chi connectivity index (χ3v) is 3.76. The monoisotopic (exact) mass is 485 g/mol. The third-order valence-electron chi connectivity index (χ3n) is 3.76. The molecule has 2 N–H and O–H groups in total. The summed E-state index contributed by atoms with van der Waals surface area (Å²) in [6, 6.07) is 4.79. The lowest BCUT2D eigenvalue weighted by Gasteiger charge is -2.15. The van der Waals surface area contributed by atoms with Crippen LogP contribution >= 0.6 is 24.0 Å². The molecule has 0 radical (unpaired) electrons. The van der Waals surface area contributed by atoms with Gasteiger partial charge in [-0.05, 0) is 31.9 Å². The molecule has 0 aliphatic carbocycles. The van der Waals surface area contributed by atoms with Crippen LogP contribution in [-0.2, 0) is 11.3 Å². The first-order valence-corrected chi connectivity index (χ1v) is 8.38. The predicted octanol–water partition coefficient (Wildman–Crippen LogP) is 3.15. The Kier molecular flexibility index (Phi) is 10.6. The summed E-state index contributed by atoms with van der Waals surface area (Å²) in [5.74, 6) is 1.12. The fourth-order valence-corrected chi connectivity index (χ4v) is 2.52. The van der Waals surface area contributed by atoms with Crippen molar-refractivity contribution in [1.29, 1.82) is 0 Å². The molecule has 0 aromatic heterocycles. The van der Waals surface area contributed by atoms with E-state index in [-0.39, 0.29) is 42.4 Å². The Morgan fingerprint density at radius 2 is 2.19 bits per heavy atom. The summed E-state index contributed by atoms with van der Waals surface area (Å²) in [6.07, 6.45) is 2.28. The summed E-state index contributed by atoms with van der Waals surface area (Å²) in [7, 11) is 1.47. The van der Waals surface area contributed by atoms with E-state index in [0.29, 0.717) is 30.4 Å².